The minimum absolute atomic E-state index is 0.294. The van der Waals surface area contributed by atoms with Gasteiger partial charge in [0.2, 0.25) is 0 Å². The molecule has 0 atom stereocenters. The lowest BCUT2D eigenvalue weighted by Gasteiger charge is -1.97. The molecule has 0 aromatic carbocycles. The summed E-state index contributed by atoms with van der Waals surface area (Å²) in [7, 11) is 1.40. The molecular formula is C8H11N3O3. The Balaban J connectivity index is 3.07. The average Bonchev–Trinajstić information content (AvgIpc) is 2.60. The SMILES string of the molecule is CO/N=C(\C(C)=N/O)c1cc(C)no1. The summed E-state index contributed by atoms with van der Waals surface area (Å²) in [6.45, 7) is 3.36. The summed E-state index contributed by atoms with van der Waals surface area (Å²) in [5, 5.41) is 19.0. The van der Waals surface area contributed by atoms with Crippen molar-refractivity contribution in [2.24, 2.45) is 10.3 Å². The highest BCUT2D eigenvalue weighted by atomic mass is 16.6. The molecule has 6 heteroatoms. The summed E-state index contributed by atoms with van der Waals surface area (Å²) < 4.78 is 4.95. The molecule has 0 fully saturated rings. The summed E-state index contributed by atoms with van der Waals surface area (Å²) in [6.07, 6.45) is 0. The molecular weight excluding hydrogens is 186 g/mol. The van der Waals surface area contributed by atoms with Crippen LogP contribution in [-0.2, 0) is 4.84 Å². The predicted molar refractivity (Wildman–Crippen MR) is 49.7 cm³/mol. The summed E-state index contributed by atoms with van der Waals surface area (Å²) in [5.74, 6) is 0.402. The van der Waals surface area contributed by atoms with Crippen molar-refractivity contribution in [3.8, 4) is 0 Å². The van der Waals surface area contributed by atoms with Crippen LogP contribution in [0.3, 0.4) is 0 Å². The Kier molecular flexibility index (Phi) is 3.22. The van der Waals surface area contributed by atoms with Crippen LogP contribution in [0.1, 0.15) is 18.4 Å². The van der Waals surface area contributed by atoms with E-state index in [0.717, 1.165) is 5.69 Å². The van der Waals surface area contributed by atoms with Crippen molar-refractivity contribution in [3.05, 3.63) is 17.5 Å². The van der Waals surface area contributed by atoms with Crippen molar-refractivity contribution in [3.63, 3.8) is 0 Å². The maximum atomic E-state index is 8.59. The smallest absolute Gasteiger partial charge is 0.190 e. The Labute approximate surface area is 80.8 Å². The zero-order valence-corrected chi connectivity index (χ0v) is 8.18. The van der Waals surface area contributed by atoms with Gasteiger partial charge in [-0.05, 0) is 13.8 Å². The monoisotopic (exact) mass is 197 g/mol. The van der Waals surface area contributed by atoms with E-state index in [1.165, 1.54) is 7.11 Å². The maximum Gasteiger partial charge on any atom is 0.190 e. The third kappa shape index (κ3) is 2.09. The van der Waals surface area contributed by atoms with Gasteiger partial charge >= 0.3 is 0 Å². The van der Waals surface area contributed by atoms with Crippen LogP contribution in [0.25, 0.3) is 0 Å². The van der Waals surface area contributed by atoms with Crippen LogP contribution in [0.15, 0.2) is 20.9 Å². The van der Waals surface area contributed by atoms with Crippen molar-refractivity contribution in [1.82, 2.24) is 5.16 Å². The highest BCUT2D eigenvalue weighted by Crippen LogP contribution is 2.06. The third-order valence-corrected chi connectivity index (χ3v) is 1.54. The normalized spacial score (nSPS) is 13.1. The van der Waals surface area contributed by atoms with Crippen LogP contribution < -0.4 is 0 Å². The van der Waals surface area contributed by atoms with Crippen LogP contribution in [0.4, 0.5) is 0 Å². The standard InChI is InChI=1S/C8H11N3O3/c1-5-4-7(14-10-5)8(11-13-3)6(2)9-12/h4,12H,1-3H3/b9-6-,11-8+. The number of nitrogens with zero attached hydrogens (tertiary/aromatic N) is 3. The molecule has 0 radical (unpaired) electrons. The molecule has 6 nitrogen and oxygen atoms in total. The van der Waals surface area contributed by atoms with Crippen molar-refractivity contribution in [2.75, 3.05) is 7.11 Å². The van der Waals surface area contributed by atoms with Gasteiger partial charge in [-0.1, -0.05) is 15.5 Å². The van der Waals surface area contributed by atoms with Gasteiger partial charge < -0.3 is 14.6 Å². The number of aryl methyl sites for hydroxylation is 1. The van der Waals surface area contributed by atoms with Crippen molar-refractivity contribution < 1.29 is 14.6 Å². The first kappa shape index (κ1) is 10.2. The van der Waals surface area contributed by atoms with E-state index in [-0.39, 0.29) is 0 Å². The average molecular weight is 197 g/mol. The maximum absolute atomic E-state index is 8.59. The fourth-order valence-corrected chi connectivity index (χ4v) is 0.903. The van der Waals surface area contributed by atoms with Crippen LogP contribution in [-0.4, -0.2) is 28.9 Å². The Hall–Kier alpha value is -1.85. The van der Waals surface area contributed by atoms with Gasteiger partial charge in [0.1, 0.15) is 12.8 Å². The van der Waals surface area contributed by atoms with E-state index in [1.807, 2.05) is 0 Å². The van der Waals surface area contributed by atoms with E-state index in [2.05, 4.69) is 20.3 Å². The van der Waals surface area contributed by atoms with Crippen LogP contribution in [0.5, 0.6) is 0 Å². The molecule has 0 saturated carbocycles. The molecule has 0 spiro atoms. The molecule has 0 aliphatic heterocycles. The molecule has 0 amide bonds. The number of hydrogen-bond acceptors (Lipinski definition) is 6. The largest absolute Gasteiger partial charge is 0.411 e. The predicted octanol–water partition coefficient (Wildman–Crippen LogP) is 1.18. The minimum atomic E-state index is 0.294. The van der Waals surface area contributed by atoms with Crippen LogP contribution >= 0.6 is 0 Å². The van der Waals surface area contributed by atoms with E-state index in [4.69, 9.17) is 9.73 Å². The number of oxime groups is 2. The first-order chi connectivity index (χ1) is 6.69. The molecule has 14 heavy (non-hydrogen) atoms. The zero-order chi connectivity index (χ0) is 10.6. The molecule has 1 N–H and O–H groups in total. The second kappa shape index (κ2) is 4.40. The van der Waals surface area contributed by atoms with Gasteiger partial charge in [0.15, 0.2) is 11.5 Å². The zero-order valence-electron chi connectivity index (χ0n) is 8.18. The fourth-order valence-electron chi connectivity index (χ4n) is 0.903. The second-order valence-corrected chi connectivity index (χ2v) is 2.64. The molecule has 76 valence electrons. The molecule has 0 aliphatic carbocycles. The van der Waals surface area contributed by atoms with Gasteiger partial charge in [-0.2, -0.15) is 0 Å². The van der Waals surface area contributed by atoms with Crippen molar-refractivity contribution >= 4 is 11.4 Å². The summed E-state index contributed by atoms with van der Waals surface area (Å²) in [4.78, 5) is 4.60. The summed E-state index contributed by atoms with van der Waals surface area (Å²) in [6, 6.07) is 1.67. The van der Waals surface area contributed by atoms with Gasteiger partial charge in [-0.25, -0.2) is 0 Å². The molecule has 1 rings (SSSR count). The summed E-state index contributed by atoms with van der Waals surface area (Å²) >= 11 is 0. The highest BCUT2D eigenvalue weighted by Gasteiger charge is 2.14. The van der Waals surface area contributed by atoms with Crippen molar-refractivity contribution in [2.45, 2.75) is 13.8 Å². The van der Waals surface area contributed by atoms with Crippen LogP contribution in [0.2, 0.25) is 0 Å². The third-order valence-electron chi connectivity index (χ3n) is 1.54. The highest BCUT2D eigenvalue weighted by molar-refractivity contribution is 6.46. The Morgan fingerprint density at radius 1 is 1.64 bits per heavy atom. The van der Waals surface area contributed by atoms with Gasteiger partial charge in [-0.15, -0.1) is 0 Å². The Morgan fingerprint density at radius 2 is 2.36 bits per heavy atom. The molecule has 1 aromatic rings. The van der Waals surface area contributed by atoms with E-state index >= 15 is 0 Å². The lowest BCUT2D eigenvalue weighted by molar-refractivity contribution is 0.213. The first-order valence-corrected chi connectivity index (χ1v) is 3.93. The van der Waals surface area contributed by atoms with E-state index in [0.29, 0.717) is 17.2 Å². The molecule has 1 heterocycles. The van der Waals surface area contributed by atoms with E-state index in [1.54, 1.807) is 19.9 Å². The number of aromatic nitrogens is 1. The Morgan fingerprint density at radius 3 is 2.79 bits per heavy atom. The van der Waals surface area contributed by atoms with Crippen molar-refractivity contribution in [1.29, 1.82) is 0 Å². The molecule has 1 aromatic heterocycles. The topological polar surface area (TPSA) is 80.2 Å². The van der Waals surface area contributed by atoms with E-state index in [9.17, 15) is 0 Å². The van der Waals surface area contributed by atoms with Gasteiger partial charge in [-0.3, -0.25) is 0 Å². The van der Waals surface area contributed by atoms with Gasteiger partial charge in [0.25, 0.3) is 0 Å². The quantitative estimate of drug-likeness (QED) is 0.448. The Bertz CT molecular complexity index is 368. The van der Waals surface area contributed by atoms with Crippen LogP contribution in [0, 0.1) is 6.92 Å². The fraction of sp³-hybridized carbons (Fsp3) is 0.375. The number of rotatable bonds is 3. The minimum Gasteiger partial charge on any atom is -0.411 e. The lowest BCUT2D eigenvalue weighted by Crippen LogP contribution is -2.11. The van der Waals surface area contributed by atoms with Gasteiger partial charge in [0.05, 0.1) is 5.69 Å². The van der Waals surface area contributed by atoms with E-state index < -0.39 is 0 Å². The molecule has 0 bridgehead atoms. The second-order valence-electron chi connectivity index (χ2n) is 2.64. The molecule has 0 unspecified atom stereocenters. The number of hydrogen-bond donors (Lipinski definition) is 1. The lowest BCUT2D eigenvalue weighted by atomic mass is 10.2. The first-order valence-electron chi connectivity index (χ1n) is 3.93. The molecule has 0 aliphatic rings. The molecule has 0 saturated heterocycles. The van der Waals surface area contributed by atoms with Gasteiger partial charge in [0, 0.05) is 6.07 Å². The summed E-state index contributed by atoms with van der Waals surface area (Å²) in [5.41, 5.74) is 1.33.